The molecule has 0 spiro atoms. The Balaban J connectivity index is 0.000000576. The second kappa shape index (κ2) is 9.95. The topological polar surface area (TPSA) is 29.3 Å². The van der Waals surface area contributed by atoms with Crippen LogP contribution in [0.1, 0.15) is 17.2 Å². The highest BCUT2D eigenvalue weighted by Gasteiger charge is 2.06. The molecule has 2 N–H and O–H groups in total. The van der Waals surface area contributed by atoms with Crippen LogP contribution in [0.15, 0.2) is 60.7 Å². The third-order valence-corrected chi connectivity index (χ3v) is 2.32. The quantitative estimate of drug-likeness (QED) is 0.820. The van der Waals surface area contributed by atoms with Gasteiger partial charge in [-0.1, -0.05) is 60.7 Å². The molecule has 0 fully saturated rings. The van der Waals surface area contributed by atoms with E-state index in [4.69, 9.17) is 5.73 Å². The van der Waals surface area contributed by atoms with Crippen LogP contribution in [0.5, 0.6) is 0 Å². The van der Waals surface area contributed by atoms with Crippen LogP contribution in [0.2, 0.25) is 0 Å². The minimum Gasteiger partial charge on any atom is -0.320 e. The van der Waals surface area contributed by atoms with Gasteiger partial charge in [0.15, 0.2) is 0 Å². The van der Waals surface area contributed by atoms with E-state index in [2.05, 4.69) is 24.3 Å². The summed E-state index contributed by atoms with van der Waals surface area (Å²) in [5.41, 5.74) is 8.42. The van der Waals surface area contributed by atoms with Crippen LogP contribution in [-0.2, 0) is 0 Å². The molecule has 19 heavy (non-hydrogen) atoms. The van der Waals surface area contributed by atoms with Gasteiger partial charge in [-0.25, -0.2) is 0 Å². The number of halogens is 1. The zero-order valence-corrected chi connectivity index (χ0v) is 14.1. The zero-order chi connectivity index (χ0) is 13.4. The smallest absolute Gasteiger partial charge is 0.0551 e. The first-order chi connectivity index (χ1) is 8.61. The van der Waals surface area contributed by atoms with Crippen molar-refractivity contribution in [1.29, 1.82) is 0 Å². The number of hydrogen-bond acceptors (Lipinski definition) is 2. The molecule has 0 radical (unpaired) electrons. The summed E-state index contributed by atoms with van der Waals surface area (Å²) in [6.07, 6.45) is 0. The van der Waals surface area contributed by atoms with Gasteiger partial charge in [0, 0.05) is 0 Å². The average molecular weight is 370 g/mol. The number of rotatable bonds is 2. The molecule has 2 rings (SSSR count). The molecule has 0 aliphatic carbocycles. The molecule has 2 aromatic carbocycles. The van der Waals surface area contributed by atoms with Crippen molar-refractivity contribution in [1.82, 2.24) is 4.90 Å². The van der Waals surface area contributed by atoms with Crippen molar-refractivity contribution in [2.45, 2.75) is 6.04 Å². The van der Waals surface area contributed by atoms with Gasteiger partial charge in [-0.05, 0) is 32.3 Å². The summed E-state index contributed by atoms with van der Waals surface area (Å²) in [7, 11) is 6.00. The molecule has 0 aliphatic rings. The van der Waals surface area contributed by atoms with Crippen LogP contribution in [-0.4, -0.2) is 26.0 Å². The van der Waals surface area contributed by atoms with E-state index in [0.29, 0.717) is 0 Å². The van der Waals surface area contributed by atoms with Gasteiger partial charge in [0.2, 0.25) is 0 Å². The largest absolute Gasteiger partial charge is 0.320 e. The number of hydrogen-bond donors (Lipinski definition) is 1. The monoisotopic (exact) mass is 370 g/mol. The molecule has 0 heterocycles. The summed E-state index contributed by atoms with van der Waals surface area (Å²) in [5.74, 6) is 0. The molecule has 0 aromatic heterocycles. The molecule has 2 aromatic rings. The van der Waals surface area contributed by atoms with Crippen molar-refractivity contribution in [3.05, 3.63) is 71.8 Å². The molecule has 0 unspecified atom stereocenters. The minimum atomic E-state index is -0.0163. The van der Waals surface area contributed by atoms with Crippen LogP contribution in [0.25, 0.3) is 0 Å². The molecular weight excluding hydrogens is 347 g/mol. The Hall–Kier alpha value is -0.910. The van der Waals surface area contributed by atoms with Crippen LogP contribution in [0.4, 0.5) is 0 Å². The summed E-state index contributed by atoms with van der Waals surface area (Å²) in [5, 5.41) is 0. The maximum atomic E-state index is 6.12. The third kappa shape index (κ3) is 7.30. The number of benzene rings is 2. The Morgan fingerprint density at radius 1 is 0.737 bits per heavy atom. The molecular formula is C16H23IN2. The highest BCUT2D eigenvalue weighted by molar-refractivity contribution is 14.0. The van der Waals surface area contributed by atoms with E-state index in [1.54, 1.807) is 0 Å². The van der Waals surface area contributed by atoms with Crippen molar-refractivity contribution in [2.75, 3.05) is 21.1 Å². The predicted molar refractivity (Wildman–Crippen MR) is 93.9 cm³/mol. The third-order valence-electron chi connectivity index (χ3n) is 2.32. The maximum absolute atomic E-state index is 6.12. The van der Waals surface area contributed by atoms with Gasteiger partial charge in [-0.2, -0.15) is 0 Å². The van der Waals surface area contributed by atoms with Gasteiger partial charge >= 0.3 is 0 Å². The minimum absolute atomic E-state index is 0. The highest BCUT2D eigenvalue weighted by atomic mass is 127. The van der Waals surface area contributed by atoms with Crippen molar-refractivity contribution >= 4 is 24.0 Å². The number of nitrogens with zero attached hydrogens (tertiary/aromatic N) is 1. The van der Waals surface area contributed by atoms with Crippen LogP contribution >= 0.6 is 24.0 Å². The molecule has 104 valence electrons. The highest BCUT2D eigenvalue weighted by Crippen LogP contribution is 2.18. The van der Waals surface area contributed by atoms with E-state index in [9.17, 15) is 0 Å². The summed E-state index contributed by atoms with van der Waals surface area (Å²) < 4.78 is 0. The summed E-state index contributed by atoms with van der Waals surface area (Å²) >= 11 is 0. The van der Waals surface area contributed by atoms with Crippen molar-refractivity contribution in [3.8, 4) is 0 Å². The Bertz CT molecular complexity index is 387. The van der Waals surface area contributed by atoms with Gasteiger partial charge in [0.25, 0.3) is 0 Å². The van der Waals surface area contributed by atoms with E-state index >= 15 is 0 Å². The SMILES string of the molecule is CN(C)C.I.NC(c1ccccc1)c1ccccc1. The first kappa shape index (κ1) is 18.1. The van der Waals surface area contributed by atoms with E-state index in [0.717, 1.165) is 11.1 Å². The van der Waals surface area contributed by atoms with Crippen molar-refractivity contribution in [2.24, 2.45) is 5.73 Å². The van der Waals surface area contributed by atoms with E-state index in [1.165, 1.54) is 0 Å². The molecule has 0 saturated heterocycles. The molecule has 0 amide bonds. The standard InChI is InChI=1S/C13H13N.C3H9N.HI/c14-13(11-7-3-1-4-8-11)12-9-5-2-6-10-12;1-4(2)3;/h1-10,13H,14H2;1-3H3;1H. The first-order valence-corrected chi connectivity index (χ1v) is 6.07. The summed E-state index contributed by atoms with van der Waals surface area (Å²) in [4.78, 5) is 2.00. The van der Waals surface area contributed by atoms with E-state index in [-0.39, 0.29) is 30.0 Å². The predicted octanol–water partition coefficient (Wildman–Crippen LogP) is 3.53. The maximum Gasteiger partial charge on any atom is 0.0551 e. The number of nitrogens with two attached hydrogens (primary N) is 1. The molecule has 0 atom stereocenters. The van der Waals surface area contributed by atoms with Crippen molar-refractivity contribution < 1.29 is 0 Å². The van der Waals surface area contributed by atoms with Gasteiger partial charge < -0.3 is 10.6 Å². The van der Waals surface area contributed by atoms with Crippen molar-refractivity contribution in [3.63, 3.8) is 0 Å². The zero-order valence-electron chi connectivity index (χ0n) is 11.8. The fourth-order valence-electron chi connectivity index (χ4n) is 1.51. The van der Waals surface area contributed by atoms with Gasteiger partial charge in [-0.3, -0.25) is 0 Å². The lowest BCUT2D eigenvalue weighted by molar-refractivity contribution is 0.505. The normalized spacial score (nSPS) is 9.58. The molecule has 0 saturated carbocycles. The Kier molecular flexibility index (Phi) is 9.47. The second-order valence-corrected chi connectivity index (χ2v) is 4.64. The summed E-state index contributed by atoms with van der Waals surface area (Å²) in [6.45, 7) is 0. The van der Waals surface area contributed by atoms with E-state index in [1.807, 2.05) is 62.4 Å². The van der Waals surface area contributed by atoms with Crippen LogP contribution in [0, 0.1) is 0 Å². The lowest BCUT2D eigenvalue weighted by atomic mass is 10.00. The Morgan fingerprint density at radius 3 is 1.26 bits per heavy atom. The van der Waals surface area contributed by atoms with Gasteiger partial charge in [0.1, 0.15) is 0 Å². The lowest BCUT2D eigenvalue weighted by Crippen LogP contribution is -2.11. The molecule has 3 heteroatoms. The Morgan fingerprint density at radius 2 is 1.00 bits per heavy atom. The molecule has 0 bridgehead atoms. The fraction of sp³-hybridized carbons (Fsp3) is 0.250. The molecule has 0 aliphatic heterocycles. The van der Waals surface area contributed by atoms with Gasteiger partial charge in [0.05, 0.1) is 6.04 Å². The Labute approximate surface area is 133 Å². The lowest BCUT2D eigenvalue weighted by Gasteiger charge is -2.11. The summed E-state index contributed by atoms with van der Waals surface area (Å²) in [6, 6.07) is 20.2. The van der Waals surface area contributed by atoms with Crippen LogP contribution < -0.4 is 5.73 Å². The molecule has 2 nitrogen and oxygen atoms in total. The van der Waals surface area contributed by atoms with Gasteiger partial charge in [-0.15, -0.1) is 24.0 Å². The second-order valence-electron chi connectivity index (χ2n) is 4.64. The van der Waals surface area contributed by atoms with E-state index < -0.39 is 0 Å². The van der Waals surface area contributed by atoms with Crippen LogP contribution in [0.3, 0.4) is 0 Å². The fourth-order valence-corrected chi connectivity index (χ4v) is 1.51. The first-order valence-electron chi connectivity index (χ1n) is 6.07. The average Bonchev–Trinajstić information content (AvgIpc) is 2.39.